The number of nitrogens with one attached hydrogen (secondary N) is 2. The number of aromatic nitrogens is 3. The SMILES string of the molecule is O=C(Cc1cccc(Cl)c1F)NC[C@@H]1CCO[C@@H]1c1ncn[nH]1. The first kappa shape index (κ1) is 15.9. The number of hydrogen-bond donors (Lipinski definition) is 2. The van der Waals surface area contributed by atoms with E-state index in [-0.39, 0.29) is 34.9 Å². The second-order valence-electron chi connectivity index (χ2n) is 5.40. The van der Waals surface area contributed by atoms with E-state index in [1.165, 1.54) is 12.4 Å². The first-order valence-corrected chi connectivity index (χ1v) is 7.69. The molecule has 0 aliphatic carbocycles. The van der Waals surface area contributed by atoms with E-state index in [2.05, 4.69) is 20.5 Å². The zero-order chi connectivity index (χ0) is 16.2. The van der Waals surface area contributed by atoms with E-state index in [1.54, 1.807) is 12.1 Å². The Hall–Kier alpha value is -1.99. The van der Waals surface area contributed by atoms with E-state index in [1.807, 2.05) is 0 Å². The van der Waals surface area contributed by atoms with Gasteiger partial charge in [-0.25, -0.2) is 9.37 Å². The van der Waals surface area contributed by atoms with Crippen LogP contribution in [0.2, 0.25) is 5.02 Å². The Kier molecular flexibility index (Phi) is 4.88. The maximum Gasteiger partial charge on any atom is 0.224 e. The lowest BCUT2D eigenvalue weighted by Crippen LogP contribution is -2.32. The molecule has 0 bridgehead atoms. The maximum absolute atomic E-state index is 13.8. The maximum atomic E-state index is 13.8. The molecule has 1 aromatic heterocycles. The van der Waals surface area contributed by atoms with E-state index in [0.29, 0.717) is 19.0 Å². The molecule has 1 amide bonds. The lowest BCUT2D eigenvalue weighted by Gasteiger charge is -2.16. The Labute approximate surface area is 137 Å². The number of H-pyrrole nitrogens is 1. The summed E-state index contributed by atoms with van der Waals surface area (Å²) in [5, 5.41) is 9.44. The topological polar surface area (TPSA) is 79.9 Å². The monoisotopic (exact) mass is 338 g/mol. The molecule has 1 saturated heterocycles. The minimum Gasteiger partial charge on any atom is -0.370 e. The molecule has 3 rings (SSSR count). The van der Waals surface area contributed by atoms with E-state index in [9.17, 15) is 9.18 Å². The van der Waals surface area contributed by atoms with E-state index in [0.717, 1.165) is 6.42 Å². The summed E-state index contributed by atoms with van der Waals surface area (Å²) in [6.45, 7) is 1.04. The van der Waals surface area contributed by atoms with Crippen LogP contribution >= 0.6 is 11.6 Å². The van der Waals surface area contributed by atoms with Gasteiger partial charge in [0.05, 0.1) is 11.4 Å². The number of carbonyl (C=O) groups excluding carboxylic acids is 1. The largest absolute Gasteiger partial charge is 0.370 e. The first-order valence-electron chi connectivity index (χ1n) is 7.31. The minimum absolute atomic E-state index is 0.0184. The van der Waals surface area contributed by atoms with Crippen LogP contribution < -0.4 is 5.32 Å². The number of benzene rings is 1. The third-order valence-corrected chi connectivity index (χ3v) is 4.15. The van der Waals surface area contributed by atoms with Crippen LogP contribution in [0.5, 0.6) is 0 Å². The van der Waals surface area contributed by atoms with Crippen LogP contribution in [0.15, 0.2) is 24.5 Å². The number of hydrogen-bond acceptors (Lipinski definition) is 4. The predicted molar refractivity (Wildman–Crippen MR) is 81.3 cm³/mol. The number of nitrogens with zero attached hydrogens (tertiary/aromatic N) is 2. The number of amides is 1. The molecule has 1 fully saturated rings. The van der Waals surface area contributed by atoms with Crippen molar-refractivity contribution in [3.05, 3.63) is 46.8 Å². The molecule has 2 aromatic rings. The first-order chi connectivity index (χ1) is 11.1. The van der Waals surface area contributed by atoms with Crippen LogP contribution in [0.3, 0.4) is 0 Å². The van der Waals surface area contributed by atoms with Gasteiger partial charge in [-0.1, -0.05) is 23.7 Å². The molecule has 1 aromatic carbocycles. The number of carbonyl (C=O) groups is 1. The fraction of sp³-hybridized carbons (Fsp3) is 0.400. The highest BCUT2D eigenvalue weighted by Gasteiger charge is 2.32. The molecule has 0 spiro atoms. The van der Waals surface area contributed by atoms with Gasteiger partial charge < -0.3 is 10.1 Å². The van der Waals surface area contributed by atoms with Crippen molar-refractivity contribution in [3.63, 3.8) is 0 Å². The van der Waals surface area contributed by atoms with Crippen LogP contribution in [-0.2, 0) is 16.0 Å². The Morgan fingerprint density at radius 1 is 1.52 bits per heavy atom. The molecule has 0 unspecified atom stereocenters. The molecule has 23 heavy (non-hydrogen) atoms. The second-order valence-corrected chi connectivity index (χ2v) is 5.81. The van der Waals surface area contributed by atoms with Gasteiger partial charge in [-0.2, -0.15) is 5.10 Å². The molecule has 6 nitrogen and oxygen atoms in total. The highest BCUT2D eigenvalue weighted by molar-refractivity contribution is 6.30. The van der Waals surface area contributed by atoms with Gasteiger partial charge in [0.25, 0.3) is 0 Å². The van der Waals surface area contributed by atoms with Gasteiger partial charge in [0.1, 0.15) is 18.2 Å². The molecular weight excluding hydrogens is 323 g/mol. The van der Waals surface area contributed by atoms with Crippen LogP contribution in [0.4, 0.5) is 4.39 Å². The molecule has 122 valence electrons. The van der Waals surface area contributed by atoms with Crippen molar-refractivity contribution < 1.29 is 13.9 Å². The van der Waals surface area contributed by atoms with E-state index >= 15 is 0 Å². The summed E-state index contributed by atoms with van der Waals surface area (Å²) < 4.78 is 19.4. The molecular formula is C15H16ClFN4O2. The third kappa shape index (κ3) is 3.68. The van der Waals surface area contributed by atoms with Crippen LogP contribution in [0, 0.1) is 11.7 Å². The zero-order valence-electron chi connectivity index (χ0n) is 12.3. The molecule has 2 N–H and O–H groups in total. The van der Waals surface area contributed by atoms with Gasteiger partial charge in [0.15, 0.2) is 5.82 Å². The predicted octanol–water partition coefficient (Wildman–Crippen LogP) is 2.03. The quantitative estimate of drug-likeness (QED) is 0.874. The van der Waals surface area contributed by atoms with Gasteiger partial charge in [0.2, 0.25) is 5.91 Å². The summed E-state index contributed by atoms with van der Waals surface area (Å²) in [5.41, 5.74) is 0.282. The lowest BCUT2D eigenvalue weighted by molar-refractivity contribution is -0.120. The van der Waals surface area contributed by atoms with Gasteiger partial charge in [-0.3, -0.25) is 9.89 Å². The second kappa shape index (κ2) is 7.06. The summed E-state index contributed by atoms with van der Waals surface area (Å²) in [4.78, 5) is 16.1. The Balaban J connectivity index is 1.55. The molecule has 8 heteroatoms. The lowest BCUT2D eigenvalue weighted by atomic mass is 10.0. The number of ether oxygens (including phenoxy) is 1. The van der Waals surface area contributed by atoms with Crippen molar-refractivity contribution in [2.75, 3.05) is 13.2 Å². The minimum atomic E-state index is -0.548. The number of rotatable bonds is 5. The number of aromatic amines is 1. The Bertz CT molecular complexity index is 680. The average Bonchev–Trinajstić information content (AvgIpc) is 3.20. The zero-order valence-corrected chi connectivity index (χ0v) is 13.0. The third-order valence-electron chi connectivity index (χ3n) is 3.86. The van der Waals surface area contributed by atoms with Crippen LogP contribution in [0.1, 0.15) is 23.9 Å². The summed E-state index contributed by atoms with van der Waals surface area (Å²) in [7, 11) is 0. The van der Waals surface area contributed by atoms with Gasteiger partial charge in [-0.05, 0) is 18.1 Å². The van der Waals surface area contributed by atoms with Gasteiger partial charge in [-0.15, -0.1) is 0 Å². The van der Waals surface area contributed by atoms with E-state index in [4.69, 9.17) is 16.3 Å². The molecule has 0 radical (unpaired) electrons. The Morgan fingerprint density at radius 2 is 2.39 bits per heavy atom. The highest BCUT2D eigenvalue weighted by atomic mass is 35.5. The van der Waals surface area contributed by atoms with Crippen molar-refractivity contribution in [2.45, 2.75) is 18.9 Å². The normalized spacial score (nSPS) is 20.6. The van der Waals surface area contributed by atoms with Crippen molar-refractivity contribution >= 4 is 17.5 Å². The molecule has 2 heterocycles. The van der Waals surface area contributed by atoms with E-state index < -0.39 is 5.82 Å². The van der Waals surface area contributed by atoms with Crippen LogP contribution in [-0.4, -0.2) is 34.2 Å². The molecule has 1 aliphatic rings. The van der Waals surface area contributed by atoms with Crippen LogP contribution in [0.25, 0.3) is 0 Å². The Morgan fingerprint density at radius 3 is 3.17 bits per heavy atom. The summed E-state index contributed by atoms with van der Waals surface area (Å²) >= 11 is 5.71. The van der Waals surface area contributed by atoms with Gasteiger partial charge in [0, 0.05) is 19.1 Å². The standard InChI is InChI=1S/C15H16ClFN4O2/c16-11-3-1-2-9(13(11)17)6-12(22)18-7-10-4-5-23-14(10)15-19-8-20-21-15/h1-3,8,10,14H,4-7H2,(H,18,22)(H,19,20,21)/t10-,14-/m0/s1. The highest BCUT2D eigenvalue weighted by Crippen LogP contribution is 2.31. The van der Waals surface area contributed by atoms with Gasteiger partial charge >= 0.3 is 0 Å². The fourth-order valence-corrected chi connectivity index (χ4v) is 2.86. The fourth-order valence-electron chi connectivity index (χ4n) is 2.66. The van der Waals surface area contributed by atoms with Crippen molar-refractivity contribution in [1.82, 2.24) is 20.5 Å². The summed E-state index contributed by atoms with van der Waals surface area (Å²) in [5.74, 6) is -0.0406. The van der Waals surface area contributed by atoms with Crippen molar-refractivity contribution in [3.8, 4) is 0 Å². The molecule has 1 aliphatic heterocycles. The smallest absolute Gasteiger partial charge is 0.224 e. The van der Waals surface area contributed by atoms with Crippen molar-refractivity contribution in [2.24, 2.45) is 5.92 Å². The molecule has 0 saturated carbocycles. The molecule has 2 atom stereocenters. The summed E-state index contributed by atoms with van der Waals surface area (Å²) in [6.07, 6.45) is 1.99. The average molecular weight is 339 g/mol. The number of halogens is 2. The summed E-state index contributed by atoms with van der Waals surface area (Å²) in [6, 6.07) is 4.63. The van der Waals surface area contributed by atoms with Crippen molar-refractivity contribution in [1.29, 1.82) is 0 Å².